The zero-order valence-corrected chi connectivity index (χ0v) is 10.4. The Labute approximate surface area is 98.1 Å². The first-order chi connectivity index (χ1) is 7.64. The number of nitrogens with one attached hydrogen (secondary N) is 1. The Morgan fingerprint density at radius 3 is 2.56 bits per heavy atom. The van der Waals surface area contributed by atoms with Gasteiger partial charge in [-0.1, -0.05) is 26.7 Å². The molecule has 1 aliphatic rings. The number of aliphatic hydroxyl groups excluding tert-OH is 1. The molecule has 0 aromatic carbocycles. The van der Waals surface area contributed by atoms with Crippen molar-refractivity contribution in [3.8, 4) is 0 Å². The van der Waals surface area contributed by atoms with Gasteiger partial charge in [-0.05, 0) is 37.3 Å². The summed E-state index contributed by atoms with van der Waals surface area (Å²) in [6.45, 7) is 4.50. The van der Waals surface area contributed by atoms with Gasteiger partial charge in [-0.3, -0.25) is 0 Å². The highest BCUT2D eigenvalue weighted by atomic mass is 16.3. The van der Waals surface area contributed by atoms with Gasteiger partial charge in [0.25, 0.3) is 0 Å². The van der Waals surface area contributed by atoms with Crippen LogP contribution in [0.3, 0.4) is 0 Å². The van der Waals surface area contributed by atoms with E-state index in [1.54, 1.807) is 0 Å². The minimum absolute atomic E-state index is 0.124. The molecular weight excluding hydrogens is 198 g/mol. The van der Waals surface area contributed by atoms with Crippen molar-refractivity contribution in [1.29, 1.82) is 0 Å². The summed E-state index contributed by atoms with van der Waals surface area (Å²) in [6.07, 6.45) is 7.60. The molecule has 0 amide bonds. The molecule has 1 aromatic heterocycles. The lowest BCUT2D eigenvalue weighted by molar-refractivity contribution is 0.00852. The van der Waals surface area contributed by atoms with Crippen LogP contribution in [-0.2, 0) is 0 Å². The second-order valence-corrected chi connectivity index (χ2v) is 5.70. The maximum Gasteiger partial charge on any atom is 0.0993 e. The summed E-state index contributed by atoms with van der Waals surface area (Å²) < 4.78 is 0. The molecule has 2 nitrogen and oxygen atoms in total. The quantitative estimate of drug-likeness (QED) is 0.799. The number of hydrogen-bond donors (Lipinski definition) is 2. The Morgan fingerprint density at radius 1 is 1.38 bits per heavy atom. The second-order valence-electron chi connectivity index (χ2n) is 5.70. The van der Waals surface area contributed by atoms with Crippen LogP contribution in [0.25, 0.3) is 0 Å². The molecule has 1 saturated carbocycles. The molecule has 1 heterocycles. The fourth-order valence-electron chi connectivity index (χ4n) is 3.33. The third-order valence-electron chi connectivity index (χ3n) is 3.91. The van der Waals surface area contributed by atoms with Gasteiger partial charge in [0.1, 0.15) is 0 Å². The van der Waals surface area contributed by atoms with Crippen LogP contribution in [0.15, 0.2) is 18.3 Å². The van der Waals surface area contributed by atoms with Crippen LogP contribution in [0.1, 0.15) is 57.7 Å². The van der Waals surface area contributed by atoms with Crippen LogP contribution in [0.2, 0.25) is 0 Å². The van der Waals surface area contributed by atoms with Crippen LogP contribution in [0.4, 0.5) is 0 Å². The Bertz CT molecular complexity index is 309. The van der Waals surface area contributed by atoms with Crippen molar-refractivity contribution in [3.05, 3.63) is 24.0 Å². The lowest BCUT2D eigenvalue weighted by Gasteiger charge is -2.35. The minimum atomic E-state index is -0.313. The molecule has 16 heavy (non-hydrogen) atoms. The number of H-pyrrole nitrogens is 1. The Hall–Kier alpha value is -0.760. The maximum absolute atomic E-state index is 10.6. The first-order valence-corrected chi connectivity index (χ1v) is 6.45. The fraction of sp³-hybridized carbons (Fsp3) is 0.714. The molecule has 2 rings (SSSR count). The van der Waals surface area contributed by atoms with Crippen LogP contribution in [-0.4, -0.2) is 10.1 Å². The van der Waals surface area contributed by atoms with Crippen molar-refractivity contribution in [2.24, 2.45) is 11.3 Å². The molecule has 1 aromatic rings. The molecule has 90 valence electrons. The highest BCUT2D eigenvalue weighted by Gasteiger charge is 2.41. The molecular formula is C14H23NO. The average molecular weight is 221 g/mol. The van der Waals surface area contributed by atoms with Gasteiger partial charge in [0, 0.05) is 17.3 Å². The third-order valence-corrected chi connectivity index (χ3v) is 3.91. The minimum Gasteiger partial charge on any atom is -0.386 e. The van der Waals surface area contributed by atoms with E-state index >= 15 is 0 Å². The van der Waals surface area contributed by atoms with E-state index in [1.165, 1.54) is 25.7 Å². The van der Waals surface area contributed by atoms with Gasteiger partial charge in [-0.25, -0.2) is 0 Å². The van der Waals surface area contributed by atoms with Gasteiger partial charge in [-0.15, -0.1) is 0 Å². The van der Waals surface area contributed by atoms with Crippen molar-refractivity contribution in [2.45, 2.75) is 52.1 Å². The molecule has 2 heteroatoms. The standard InChI is InChI=1S/C14H23NO/c1-11(2)10-14(7-3-4-8-14)13(16)12-6-5-9-15-12/h5-6,9,11,13,15-16H,3-4,7-8,10H2,1-2H3. The molecule has 0 bridgehead atoms. The topological polar surface area (TPSA) is 36.0 Å². The van der Waals surface area contributed by atoms with Crippen LogP contribution in [0, 0.1) is 11.3 Å². The van der Waals surface area contributed by atoms with Gasteiger partial charge in [0.05, 0.1) is 6.10 Å². The lowest BCUT2D eigenvalue weighted by Crippen LogP contribution is -2.28. The summed E-state index contributed by atoms with van der Waals surface area (Å²) >= 11 is 0. The van der Waals surface area contributed by atoms with Crippen molar-refractivity contribution in [3.63, 3.8) is 0 Å². The van der Waals surface area contributed by atoms with E-state index in [1.807, 2.05) is 18.3 Å². The molecule has 2 N–H and O–H groups in total. The van der Waals surface area contributed by atoms with Crippen molar-refractivity contribution >= 4 is 0 Å². The van der Waals surface area contributed by atoms with E-state index in [0.717, 1.165) is 12.1 Å². The van der Waals surface area contributed by atoms with E-state index in [4.69, 9.17) is 0 Å². The third kappa shape index (κ3) is 2.17. The van der Waals surface area contributed by atoms with E-state index in [-0.39, 0.29) is 11.5 Å². The van der Waals surface area contributed by atoms with Gasteiger partial charge in [-0.2, -0.15) is 0 Å². The zero-order valence-electron chi connectivity index (χ0n) is 10.4. The molecule has 1 fully saturated rings. The Balaban J connectivity index is 2.18. The number of rotatable bonds is 4. The van der Waals surface area contributed by atoms with Gasteiger partial charge in [0.15, 0.2) is 0 Å². The van der Waals surface area contributed by atoms with E-state index in [9.17, 15) is 5.11 Å². The highest BCUT2D eigenvalue weighted by Crippen LogP contribution is 2.51. The Kier molecular flexibility index (Phi) is 3.38. The fourth-order valence-corrected chi connectivity index (χ4v) is 3.33. The number of aliphatic hydroxyl groups is 1. The molecule has 0 radical (unpaired) electrons. The Morgan fingerprint density at radius 2 is 2.06 bits per heavy atom. The summed E-state index contributed by atoms with van der Waals surface area (Å²) in [5.41, 5.74) is 1.11. The van der Waals surface area contributed by atoms with Crippen LogP contribution < -0.4 is 0 Å². The monoisotopic (exact) mass is 221 g/mol. The molecule has 1 aliphatic carbocycles. The van der Waals surface area contributed by atoms with Crippen molar-refractivity contribution < 1.29 is 5.11 Å². The van der Waals surface area contributed by atoms with Gasteiger partial charge in [0.2, 0.25) is 0 Å². The maximum atomic E-state index is 10.6. The van der Waals surface area contributed by atoms with Crippen molar-refractivity contribution in [2.75, 3.05) is 0 Å². The number of aromatic amines is 1. The summed E-state index contributed by atoms with van der Waals surface area (Å²) in [6, 6.07) is 3.97. The molecule has 0 aliphatic heterocycles. The predicted octanol–water partition coefficient (Wildman–Crippen LogP) is 3.65. The van der Waals surface area contributed by atoms with E-state index in [0.29, 0.717) is 5.92 Å². The summed E-state index contributed by atoms with van der Waals surface area (Å²) in [4.78, 5) is 3.16. The highest BCUT2D eigenvalue weighted by molar-refractivity contribution is 5.12. The summed E-state index contributed by atoms with van der Waals surface area (Å²) in [5, 5.41) is 10.6. The zero-order chi connectivity index (χ0) is 11.6. The predicted molar refractivity (Wildman–Crippen MR) is 66.1 cm³/mol. The summed E-state index contributed by atoms with van der Waals surface area (Å²) in [5.74, 6) is 0.655. The largest absolute Gasteiger partial charge is 0.386 e. The SMILES string of the molecule is CC(C)CC1(C(O)c2ccc[nH]2)CCCC1. The summed E-state index contributed by atoms with van der Waals surface area (Å²) in [7, 11) is 0. The van der Waals surface area contributed by atoms with Crippen LogP contribution >= 0.6 is 0 Å². The molecule has 0 spiro atoms. The molecule has 1 atom stereocenters. The van der Waals surface area contributed by atoms with Crippen LogP contribution in [0.5, 0.6) is 0 Å². The molecule has 0 saturated heterocycles. The van der Waals surface area contributed by atoms with E-state index < -0.39 is 0 Å². The lowest BCUT2D eigenvalue weighted by atomic mass is 9.73. The van der Waals surface area contributed by atoms with E-state index in [2.05, 4.69) is 18.8 Å². The van der Waals surface area contributed by atoms with Crippen molar-refractivity contribution in [1.82, 2.24) is 4.98 Å². The molecule has 1 unspecified atom stereocenters. The first-order valence-electron chi connectivity index (χ1n) is 6.45. The van der Waals surface area contributed by atoms with Gasteiger partial charge >= 0.3 is 0 Å². The first kappa shape index (κ1) is 11.7. The number of hydrogen-bond acceptors (Lipinski definition) is 1. The number of aromatic nitrogens is 1. The second kappa shape index (κ2) is 4.62. The average Bonchev–Trinajstić information content (AvgIpc) is 2.85. The smallest absolute Gasteiger partial charge is 0.0993 e. The normalized spacial score (nSPS) is 21.5. The van der Waals surface area contributed by atoms with Gasteiger partial charge < -0.3 is 10.1 Å².